The van der Waals surface area contributed by atoms with Gasteiger partial charge in [-0.1, -0.05) is 0 Å². The topological polar surface area (TPSA) is 61.6 Å². The fraction of sp³-hybridized carbons (Fsp3) is 0.0833. The van der Waals surface area contributed by atoms with E-state index in [0.717, 1.165) is 6.07 Å². The van der Waals surface area contributed by atoms with Crippen molar-refractivity contribution in [2.24, 2.45) is 0 Å². The van der Waals surface area contributed by atoms with Crippen LogP contribution in [0.25, 0.3) is 0 Å². The van der Waals surface area contributed by atoms with Crippen molar-refractivity contribution in [3.05, 3.63) is 46.6 Å². The molecule has 2 rings (SSSR count). The first-order valence-electron chi connectivity index (χ1n) is 5.38. The van der Waals surface area contributed by atoms with Gasteiger partial charge in [0.2, 0.25) is 5.28 Å². The second-order valence-electron chi connectivity index (χ2n) is 3.84. The van der Waals surface area contributed by atoms with E-state index >= 15 is 0 Å². The third kappa shape index (κ3) is 3.58. The number of hydrogen-bond acceptors (Lipinski definition) is 4. The quantitative estimate of drug-likeness (QED) is 0.674. The lowest BCUT2D eigenvalue weighted by atomic mass is 10.2. The minimum atomic E-state index is -4.70. The average Bonchev–Trinajstić information content (AvgIpc) is 2.39. The van der Waals surface area contributed by atoms with Crippen LogP contribution in [0, 0.1) is 17.1 Å². The predicted octanol–water partition coefficient (Wildman–Crippen LogP) is 3.90. The first-order valence-corrected chi connectivity index (χ1v) is 5.76. The standard InChI is InChI=1S/C12H5ClF4N4/c13-11-20-9(12(15,16)17)4-10(21-11)19-8-2-1-6(5-18)3-7(8)14/h1-4H,(H,19,20,21). The lowest BCUT2D eigenvalue weighted by molar-refractivity contribution is -0.141. The molecule has 0 fully saturated rings. The highest BCUT2D eigenvalue weighted by Crippen LogP contribution is 2.30. The summed E-state index contributed by atoms with van der Waals surface area (Å²) in [6.07, 6.45) is -4.70. The maximum absolute atomic E-state index is 13.6. The fourth-order valence-electron chi connectivity index (χ4n) is 1.45. The molecule has 0 spiro atoms. The molecule has 1 aromatic heterocycles. The van der Waals surface area contributed by atoms with Crippen molar-refractivity contribution in [2.75, 3.05) is 5.32 Å². The van der Waals surface area contributed by atoms with Crippen molar-refractivity contribution in [3.63, 3.8) is 0 Å². The van der Waals surface area contributed by atoms with Crippen LogP contribution in [-0.2, 0) is 6.18 Å². The van der Waals surface area contributed by atoms with Crippen molar-refractivity contribution in [1.29, 1.82) is 5.26 Å². The van der Waals surface area contributed by atoms with Gasteiger partial charge in [0, 0.05) is 6.07 Å². The Hall–Kier alpha value is -2.40. The Morgan fingerprint density at radius 3 is 2.48 bits per heavy atom. The van der Waals surface area contributed by atoms with E-state index in [1.54, 1.807) is 6.07 Å². The van der Waals surface area contributed by atoms with Crippen LogP contribution < -0.4 is 5.32 Å². The van der Waals surface area contributed by atoms with Crippen LogP contribution in [0.5, 0.6) is 0 Å². The first kappa shape index (κ1) is 15.0. The van der Waals surface area contributed by atoms with E-state index in [1.807, 2.05) is 0 Å². The van der Waals surface area contributed by atoms with Crippen LogP contribution in [0.15, 0.2) is 24.3 Å². The highest BCUT2D eigenvalue weighted by Gasteiger charge is 2.33. The van der Waals surface area contributed by atoms with Gasteiger partial charge in [0.1, 0.15) is 11.6 Å². The zero-order chi connectivity index (χ0) is 15.6. The molecule has 4 nitrogen and oxygen atoms in total. The van der Waals surface area contributed by atoms with Crippen LogP contribution in [0.3, 0.4) is 0 Å². The van der Waals surface area contributed by atoms with E-state index in [2.05, 4.69) is 15.3 Å². The minimum Gasteiger partial charge on any atom is -0.338 e. The van der Waals surface area contributed by atoms with Crippen molar-refractivity contribution in [2.45, 2.75) is 6.18 Å². The molecule has 0 aliphatic rings. The van der Waals surface area contributed by atoms with Gasteiger partial charge >= 0.3 is 6.18 Å². The number of rotatable bonds is 2. The van der Waals surface area contributed by atoms with Crippen molar-refractivity contribution in [1.82, 2.24) is 9.97 Å². The zero-order valence-electron chi connectivity index (χ0n) is 10.0. The van der Waals surface area contributed by atoms with Gasteiger partial charge in [-0.05, 0) is 29.8 Å². The Morgan fingerprint density at radius 1 is 1.19 bits per heavy atom. The van der Waals surface area contributed by atoms with Gasteiger partial charge < -0.3 is 5.32 Å². The molecule has 0 unspecified atom stereocenters. The number of nitrogens with zero attached hydrogens (tertiary/aromatic N) is 3. The number of aromatic nitrogens is 2. The van der Waals surface area contributed by atoms with Gasteiger partial charge in [0.15, 0.2) is 5.69 Å². The molecule has 0 bridgehead atoms. The largest absolute Gasteiger partial charge is 0.433 e. The summed E-state index contributed by atoms with van der Waals surface area (Å²) in [6.45, 7) is 0. The van der Waals surface area contributed by atoms with Gasteiger partial charge in [-0.15, -0.1) is 0 Å². The molecule has 1 aromatic carbocycles. The van der Waals surface area contributed by atoms with E-state index in [4.69, 9.17) is 16.9 Å². The van der Waals surface area contributed by atoms with Crippen LogP contribution in [0.1, 0.15) is 11.3 Å². The average molecular weight is 317 g/mol. The van der Waals surface area contributed by atoms with E-state index in [9.17, 15) is 17.6 Å². The number of benzene rings is 1. The normalized spacial score (nSPS) is 11.0. The van der Waals surface area contributed by atoms with Crippen LogP contribution in [0.2, 0.25) is 5.28 Å². The number of halogens is 5. The molecule has 0 saturated carbocycles. The molecule has 0 saturated heterocycles. The molecule has 1 heterocycles. The van der Waals surface area contributed by atoms with Crippen LogP contribution in [0.4, 0.5) is 29.1 Å². The molecular formula is C12H5ClF4N4. The second-order valence-corrected chi connectivity index (χ2v) is 4.17. The zero-order valence-corrected chi connectivity index (χ0v) is 10.8. The molecule has 0 amide bonds. The van der Waals surface area contributed by atoms with Gasteiger partial charge in [-0.3, -0.25) is 0 Å². The Labute approximate surface area is 121 Å². The molecule has 0 atom stereocenters. The molecular weight excluding hydrogens is 312 g/mol. The second kappa shape index (κ2) is 5.54. The lowest BCUT2D eigenvalue weighted by Gasteiger charge is -2.10. The molecule has 9 heteroatoms. The summed E-state index contributed by atoms with van der Waals surface area (Å²) in [5.41, 5.74) is -1.31. The fourth-order valence-corrected chi connectivity index (χ4v) is 1.63. The van der Waals surface area contributed by atoms with Crippen LogP contribution >= 0.6 is 11.6 Å². The number of alkyl halides is 3. The van der Waals surface area contributed by atoms with Crippen LogP contribution in [-0.4, -0.2) is 9.97 Å². The summed E-state index contributed by atoms with van der Waals surface area (Å²) in [6, 6.07) is 5.78. The molecule has 0 aliphatic carbocycles. The van der Waals surface area contributed by atoms with E-state index in [1.165, 1.54) is 12.1 Å². The number of nitriles is 1. The SMILES string of the molecule is N#Cc1ccc(Nc2cc(C(F)(F)F)nc(Cl)n2)c(F)c1. The van der Waals surface area contributed by atoms with Gasteiger partial charge in [-0.2, -0.15) is 18.4 Å². The molecule has 2 aromatic rings. The van der Waals surface area contributed by atoms with E-state index < -0.39 is 23.0 Å². The summed E-state index contributed by atoms with van der Waals surface area (Å²) in [5, 5.41) is 10.3. The third-order valence-corrected chi connectivity index (χ3v) is 2.52. The van der Waals surface area contributed by atoms with Gasteiger partial charge in [-0.25, -0.2) is 14.4 Å². The maximum Gasteiger partial charge on any atom is 0.433 e. The summed E-state index contributed by atoms with van der Waals surface area (Å²) >= 11 is 5.41. The Kier molecular flexibility index (Phi) is 3.95. The smallest absolute Gasteiger partial charge is 0.338 e. The maximum atomic E-state index is 13.6. The lowest BCUT2D eigenvalue weighted by Crippen LogP contribution is -2.10. The molecule has 108 valence electrons. The highest BCUT2D eigenvalue weighted by atomic mass is 35.5. The van der Waals surface area contributed by atoms with Crippen molar-refractivity contribution in [3.8, 4) is 6.07 Å². The predicted molar refractivity (Wildman–Crippen MR) is 66.4 cm³/mol. The molecule has 1 N–H and O–H groups in total. The summed E-state index contributed by atoms with van der Waals surface area (Å²) in [5.74, 6) is -1.12. The first-order chi connectivity index (χ1) is 9.79. The molecule has 21 heavy (non-hydrogen) atoms. The number of nitrogens with one attached hydrogen (secondary N) is 1. The molecule has 0 aliphatic heterocycles. The summed E-state index contributed by atoms with van der Waals surface area (Å²) in [7, 11) is 0. The van der Waals surface area contributed by atoms with Gasteiger partial charge in [0.05, 0.1) is 17.3 Å². The number of anilines is 2. The Bertz CT molecular complexity index is 724. The molecule has 0 radical (unpaired) electrons. The Morgan fingerprint density at radius 2 is 1.90 bits per heavy atom. The summed E-state index contributed by atoms with van der Waals surface area (Å²) in [4.78, 5) is 6.59. The third-order valence-electron chi connectivity index (χ3n) is 2.35. The highest BCUT2D eigenvalue weighted by molar-refractivity contribution is 6.28. The van der Waals surface area contributed by atoms with E-state index in [0.29, 0.717) is 6.07 Å². The van der Waals surface area contributed by atoms with Crippen molar-refractivity contribution >= 4 is 23.1 Å². The Balaban J connectivity index is 2.36. The van der Waals surface area contributed by atoms with Gasteiger partial charge in [0.25, 0.3) is 0 Å². The monoisotopic (exact) mass is 316 g/mol. The van der Waals surface area contributed by atoms with E-state index in [-0.39, 0.29) is 17.1 Å². The van der Waals surface area contributed by atoms with Crippen molar-refractivity contribution < 1.29 is 17.6 Å². The number of hydrogen-bond donors (Lipinski definition) is 1. The summed E-state index contributed by atoms with van der Waals surface area (Å²) < 4.78 is 51.4. The minimum absolute atomic E-state index is 0.0785.